The third-order valence-corrected chi connectivity index (χ3v) is 4.36. The predicted octanol–water partition coefficient (Wildman–Crippen LogP) is 4.23. The Hall–Kier alpha value is -3.01. The standard InChI is InChI=1S/C21H18O4/c1-4-17(22)16-11-15-12(2)10-18(23)25-21(15)13(3)19(16)20(24)14-8-6-5-7-9-14/h5-11H,4H2,1-3H3. The van der Waals surface area contributed by atoms with E-state index in [9.17, 15) is 14.4 Å². The van der Waals surface area contributed by atoms with Crippen LogP contribution in [0.1, 0.15) is 50.8 Å². The highest BCUT2D eigenvalue weighted by Crippen LogP contribution is 2.29. The number of fused-ring (bicyclic) bond motifs is 1. The molecule has 25 heavy (non-hydrogen) atoms. The van der Waals surface area contributed by atoms with E-state index in [1.807, 2.05) is 6.07 Å². The van der Waals surface area contributed by atoms with Gasteiger partial charge in [0.2, 0.25) is 0 Å². The van der Waals surface area contributed by atoms with Crippen molar-refractivity contribution in [2.24, 2.45) is 0 Å². The zero-order chi connectivity index (χ0) is 18.1. The number of hydrogen-bond donors (Lipinski definition) is 0. The van der Waals surface area contributed by atoms with Gasteiger partial charge in [0, 0.05) is 40.1 Å². The van der Waals surface area contributed by atoms with Crippen molar-refractivity contribution in [3.63, 3.8) is 0 Å². The topological polar surface area (TPSA) is 64.3 Å². The molecule has 3 rings (SSSR count). The molecule has 126 valence electrons. The van der Waals surface area contributed by atoms with Gasteiger partial charge in [-0.15, -0.1) is 0 Å². The largest absolute Gasteiger partial charge is 0.422 e. The van der Waals surface area contributed by atoms with Gasteiger partial charge in [0.1, 0.15) is 5.58 Å². The first-order chi connectivity index (χ1) is 11.9. The highest BCUT2D eigenvalue weighted by atomic mass is 16.4. The fraction of sp³-hybridized carbons (Fsp3) is 0.190. The second-order valence-electron chi connectivity index (χ2n) is 6.02. The Morgan fingerprint density at radius 1 is 1.04 bits per heavy atom. The molecule has 0 N–H and O–H groups in total. The van der Waals surface area contributed by atoms with Crippen LogP contribution >= 0.6 is 0 Å². The lowest BCUT2D eigenvalue weighted by atomic mass is 9.89. The van der Waals surface area contributed by atoms with Gasteiger partial charge in [-0.1, -0.05) is 37.3 Å². The molecular formula is C21H18O4. The van der Waals surface area contributed by atoms with E-state index in [0.29, 0.717) is 33.2 Å². The number of carbonyl (C=O) groups excluding carboxylic acids is 2. The van der Waals surface area contributed by atoms with Crippen molar-refractivity contribution in [1.82, 2.24) is 0 Å². The minimum atomic E-state index is -0.472. The molecule has 0 aliphatic heterocycles. The van der Waals surface area contributed by atoms with Crippen molar-refractivity contribution < 1.29 is 14.0 Å². The summed E-state index contributed by atoms with van der Waals surface area (Å²) in [5, 5.41) is 0.679. The third kappa shape index (κ3) is 2.91. The van der Waals surface area contributed by atoms with Crippen molar-refractivity contribution in [3.8, 4) is 0 Å². The summed E-state index contributed by atoms with van der Waals surface area (Å²) in [6, 6.07) is 11.8. The second kappa shape index (κ2) is 6.48. The average Bonchev–Trinajstić information content (AvgIpc) is 2.61. The van der Waals surface area contributed by atoms with Gasteiger partial charge >= 0.3 is 5.63 Å². The molecule has 0 amide bonds. The lowest BCUT2D eigenvalue weighted by Gasteiger charge is -2.14. The molecule has 4 heteroatoms. The van der Waals surface area contributed by atoms with Crippen molar-refractivity contribution in [2.45, 2.75) is 27.2 Å². The molecule has 0 unspecified atom stereocenters. The Morgan fingerprint density at radius 2 is 1.72 bits per heavy atom. The smallest absolute Gasteiger partial charge is 0.336 e. The second-order valence-corrected chi connectivity index (χ2v) is 6.02. The van der Waals surface area contributed by atoms with Crippen LogP contribution in [0, 0.1) is 13.8 Å². The molecule has 0 aliphatic carbocycles. The average molecular weight is 334 g/mol. The minimum absolute atomic E-state index is 0.116. The Labute approximate surface area is 145 Å². The van der Waals surface area contributed by atoms with Gasteiger partial charge < -0.3 is 4.42 Å². The first kappa shape index (κ1) is 16.8. The number of hydrogen-bond acceptors (Lipinski definition) is 4. The maximum atomic E-state index is 13.0. The van der Waals surface area contributed by atoms with E-state index in [0.717, 1.165) is 5.56 Å². The van der Waals surface area contributed by atoms with Crippen LogP contribution in [0.5, 0.6) is 0 Å². The molecule has 0 bridgehead atoms. The number of ketones is 2. The molecule has 0 spiro atoms. The number of carbonyl (C=O) groups is 2. The zero-order valence-corrected chi connectivity index (χ0v) is 14.4. The fourth-order valence-electron chi connectivity index (χ4n) is 3.05. The molecule has 0 aliphatic rings. The Kier molecular flexibility index (Phi) is 4.36. The first-order valence-electron chi connectivity index (χ1n) is 8.15. The summed E-state index contributed by atoms with van der Waals surface area (Å²) < 4.78 is 5.35. The molecule has 1 aromatic heterocycles. The summed E-state index contributed by atoms with van der Waals surface area (Å²) in [5.74, 6) is -0.365. The zero-order valence-electron chi connectivity index (χ0n) is 14.4. The van der Waals surface area contributed by atoms with Crippen molar-refractivity contribution in [3.05, 3.63) is 80.7 Å². The SMILES string of the molecule is CCC(=O)c1cc2c(C)cc(=O)oc2c(C)c1C(=O)c1ccccc1. The molecule has 0 fully saturated rings. The predicted molar refractivity (Wildman–Crippen MR) is 96.5 cm³/mol. The maximum absolute atomic E-state index is 13.0. The van der Waals surface area contributed by atoms with Crippen LogP contribution in [0.3, 0.4) is 0 Å². The van der Waals surface area contributed by atoms with Gasteiger partial charge in [0.25, 0.3) is 0 Å². The molecule has 0 saturated carbocycles. The van der Waals surface area contributed by atoms with Crippen molar-refractivity contribution >= 4 is 22.5 Å². The van der Waals surface area contributed by atoms with Crippen LogP contribution in [0.2, 0.25) is 0 Å². The molecule has 0 radical (unpaired) electrons. The summed E-state index contributed by atoms with van der Waals surface area (Å²) in [7, 11) is 0. The Balaban J connectivity index is 2.40. The van der Waals surface area contributed by atoms with Gasteiger partial charge in [-0.2, -0.15) is 0 Å². The molecular weight excluding hydrogens is 316 g/mol. The van der Waals surface area contributed by atoms with E-state index >= 15 is 0 Å². The van der Waals surface area contributed by atoms with E-state index in [1.165, 1.54) is 6.07 Å². The molecule has 2 aromatic carbocycles. The van der Waals surface area contributed by atoms with Gasteiger partial charge in [-0.05, 0) is 25.5 Å². The Morgan fingerprint density at radius 3 is 2.36 bits per heavy atom. The van der Waals surface area contributed by atoms with Crippen molar-refractivity contribution in [2.75, 3.05) is 0 Å². The minimum Gasteiger partial charge on any atom is -0.422 e. The van der Waals surface area contributed by atoms with Gasteiger partial charge in [0.05, 0.1) is 0 Å². The lowest BCUT2D eigenvalue weighted by Crippen LogP contribution is -2.13. The molecule has 0 saturated heterocycles. The summed E-state index contributed by atoms with van der Waals surface area (Å²) in [6.45, 7) is 5.27. The summed E-state index contributed by atoms with van der Waals surface area (Å²) in [4.78, 5) is 37.3. The van der Waals surface area contributed by atoms with E-state index < -0.39 is 5.63 Å². The van der Waals surface area contributed by atoms with E-state index in [2.05, 4.69) is 0 Å². The van der Waals surface area contributed by atoms with E-state index in [4.69, 9.17) is 4.42 Å². The highest BCUT2D eigenvalue weighted by molar-refractivity contribution is 6.18. The monoisotopic (exact) mass is 334 g/mol. The number of benzene rings is 2. The van der Waals surface area contributed by atoms with Crippen LogP contribution in [0.4, 0.5) is 0 Å². The number of rotatable bonds is 4. The van der Waals surface area contributed by atoms with Gasteiger partial charge in [-0.25, -0.2) is 4.79 Å². The lowest BCUT2D eigenvalue weighted by molar-refractivity contribution is 0.0971. The van der Waals surface area contributed by atoms with Crippen molar-refractivity contribution in [1.29, 1.82) is 0 Å². The van der Waals surface area contributed by atoms with Crippen LogP contribution in [-0.4, -0.2) is 11.6 Å². The fourth-order valence-corrected chi connectivity index (χ4v) is 3.05. The highest BCUT2D eigenvalue weighted by Gasteiger charge is 2.23. The quantitative estimate of drug-likeness (QED) is 0.529. The molecule has 1 heterocycles. The summed E-state index contributed by atoms with van der Waals surface area (Å²) >= 11 is 0. The van der Waals surface area contributed by atoms with Crippen LogP contribution < -0.4 is 5.63 Å². The normalized spacial score (nSPS) is 10.8. The number of aryl methyl sites for hydroxylation is 2. The third-order valence-electron chi connectivity index (χ3n) is 4.36. The molecule has 4 nitrogen and oxygen atoms in total. The maximum Gasteiger partial charge on any atom is 0.336 e. The van der Waals surface area contributed by atoms with Gasteiger partial charge in [-0.3, -0.25) is 9.59 Å². The van der Waals surface area contributed by atoms with Gasteiger partial charge in [0.15, 0.2) is 11.6 Å². The summed E-state index contributed by atoms with van der Waals surface area (Å²) in [6.07, 6.45) is 0.288. The van der Waals surface area contributed by atoms with E-state index in [1.54, 1.807) is 51.1 Å². The number of Topliss-reactive ketones (excluding diaryl/α,β-unsaturated/α-hetero) is 1. The summed E-state index contributed by atoms with van der Waals surface area (Å²) in [5.41, 5.74) is 2.29. The first-order valence-corrected chi connectivity index (χ1v) is 8.15. The van der Waals surface area contributed by atoms with Crippen LogP contribution in [0.25, 0.3) is 11.0 Å². The Bertz CT molecular complexity index is 1040. The van der Waals surface area contributed by atoms with Crippen LogP contribution in [0.15, 0.2) is 51.7 Å². The molecule has 3 aromatic rings. The van der Waals surface area contributed by atoms with E-state index in [-0.39, 0.29) is 18.0 Å². The van der Waals surface area contributed by atoms with Crippen LogP contribution in [-0.2, 0) is 0 Å². The molecule has 0 atom stereocenters.